The number of Topliss-reactive ketones (excluding diaryl/α,β-unsaturated/α-hetero) is 1. The first-order valence-corrected chi connectivity index (χ1v) is 5.46. The van der Waals surface area contributed by atoms with Crippen molar-refractivity contribution in [1.29, 1.82) is 5.26 Å². The Labute approximate surface area is 95.1 Å². The Balaban J connectivity index is 1.88. The summed E-state index contributed by atoms with van der Waals surface area (Å²) < 4.78 is 0. The number of hydrogen-bond donors (Lipinski definition) is 1. The van der Waals surface area contributed by atoms with Gasteiger partial charge in [-0.25, -0.2) is 0 Å². The van der Waals surface area contributed by atoms with Gasteiger partial charge in [0.25, 0.3) is 0 Å². The van der Waals surface area contributed by atoms with Gasteiger partial charge in [-0.05, 0) is 12.8 Å². The fourth-order valence-electron chi connectivity index (χ4n) is 1.71. The van der Waals surface area contributed by atoms with E-state index in [1.807, 2.05) is 30.3 Å². The van der Waals surface area contributed by atoms with Crippen LogP contribution >= 0.6 is 0 Å². The minimum Gasteiger partial charge on any atom is -0.303 e. The molecule has 3 nitrogen and oxygen atoms in total. The molecule has 0 bridgehead atoms. The van der Waals surface area contributed by atoms with Crippen LogP contribution in [0.4, 0.5) is 0 Å². The van der Waals surface area contributed by atoms with E-state index in [0.717, 1.165) is 18.4 Å². The van der Waals surface area contributed by atoms with E-state index in [-0.39, 0.29) is 11.3 Å². The van der Waals surface area contributed by atoms with E-state index >= 15 is 0 Å². The molecule has 0 unspecified atom stereocenters. The smallest absolute Gasteiger partial charge is 0.176 e. The molecule has 2 rings (SSSR count). The molecule has 1 aromatic carbocycles. The van der Waals surface area contributed by atoms with E-state index in [1.165, 1.54) is 0 Å². The predicted molar refractivity (Wildman–Crippen MR) is 61.0 cm³/mol. The summed E-state index contributed by atoms with van der Waals surface area (Å²) >= 11 is 0. The van der Waals surface area contributed by atoms with Crippen molar-refractivity contribution < 1.29 is 4.79 Å². The maximum Gasteiger partial charge on any atom is 0.176 e. The first-order valence-electron chi connectivity index (χ1n) is 5.46. The number of nitrogens with zero attached hydrogens (tertiary/aromatic N) is 1. The second-order valence-corrected chi connectivity index (χ2v) is 4.26. The standard InChI is InChI=1S/C13H14N2O/c14-9-8-13(6-7-13)15-10-12(16)11-4-2-1-3-5-11/h1-5,15H,6-8,10H2. The zero-order chi connectivity index (χ0) is 11.4. The van der Waals surface area contributed by atoms with Gasteiger partial charge in [-0.3, -0.25) is 4.79 Å². The lowest BCUT2D eigenvalue weighted by Crippen LogP contribution is -2.35. The Morgan fingerprint density at radius 1 is 1.38 bits per heavy atom. The third kappa shape index (κ3) is 2.47. The van der Waals surface area contributed by atoms with Gasteiger partial charge in [0, 0.05) is 11.1 Å². The summed E-state index contributed by atoms with van der Waals surface area (Å²) in [5, 5.41) is 11.8. The summed E-state index contributed by atoms with van der Waals surface area (Å²) in [5.74, 6) is 0.0878. The van der Waals surface area contributed by atoms with Crippen LogP contribution in [0.15, 0.2) is 30.3 Å². The highest BCUT2D eigenvalue weighted by atomic mass is 16.1. The molecule has 82 valence electrons. The quantitative estimate of drug-likeness (QED) is 0.762. The van der Waals surface area contributed by atoms with E-state index in [2.05, 4.69) is 11.4 Å². The highest BCUT2D eigenvalue weighted by Gasteiger charge is 2.42. The summed E-state index contributed by atoms with van der Waals surface area (Å²) in [5.41, 5.74) is 0.655. The van der Waals surface area contributed by atoms with Crippen molar-refractivity contribution in [3.8, 4) is 6.07 Å². The zero-order valence-corrected chi connectivity index (χ0v) is 9.07. The highest BCUT2D eigenvalue weighted by molar-refractivity contribution is 5.97. The van der Waals surface area contributed by atoms with Gasteiger partial charge in [-0.1, -0.05) is 30.3 Å². The van der Waals surface area contributed by atoms with E-state index in [4.69, 9.17) is 5.26 Å². The third-order valence-electron chi connectivity index (χ3n) is 2.99. The molecular weight excluding hydrogens is 200 g/mol. The van der Waals surface area contributed by atoms with Crippen LogP contribution < -0.4 is 5.32 Å². The van der Waals surface area contributed by atoms with Crippen LogP contribution in [0.3, 0.4) is 0 Å². The predicted octanol–water partition coefficient (Wildman–Crippen LogP) is 1.91. The van der Waals surface area contributed by atoms with Crippen molar-refractivity contribution in [2.75, 3.05) is 6.54 Å². The minimum atomic E-state index is -0.0702. The first-order chi connectivity index (χ1) is 7.76. The van der Waals surface area contributed by atoms with Crippen molar-refractivity contribution in [2.24, 2.45) is 0 Å². The Bertz CT molecular complexity index is 415. The number of rotatable bonds is 5. The van der Waals surface area contributed by atoms with Crippen LogP contribution in [0.2, 0.25) is 0 Å². The van der Waals surface area contributed by atoms with Crippen molar-refractivity contribution in [1.82, 2.24) is 5.32 Å². The SMILES string of the molecule is N#CCC1(NCC(=O)c2ccccc2)CC1. The molecular formula is C13H14N2O. The second-order valence-electron chi connectivity index (χ2n) is 4.26. The van der Waals surface area contributed by atoms with Crippen LogP contribution in [-0.2, 0) is 0 Å². The fourth-order valence-corrected chi connectivity index (χ4v) is 1.71. The normalized spacial score (nSPS) is 16.4. The molecule has 1 fully saturated rings. The van der Waals surface area contributed by atoms with Gasteiger partial charge in [-0.2, -0.15) is 5.26 Å². The number of benzene rings is 1. The van der Waals surface area contributed by atoms with Crippen LogP contribution in [0.25, 0.3) is 0 Å². The topological polar surface area (TPSA) is 52.9 Å². The molecule has 0 aliphatic heterocycles. The number of carbonyl (C=O) groups is 1. The van der Waals surface area contributed by atoms with Gasteiger partial charge in [0.2, 0.25) is 0 Å². The number of nitrogens with one attached hydrogen (secondary N) is 1. The van der Waals surface area contributed by atoms with Gasteiger partial charge >= 0.3 is 0 Å². The van der Waals surface area contributed by atoms with Gasteiger partial charge < -0.3 is 5.32 Å². The van der Waals surface area contributed by atoms with E-state index < -0.39 is 0 Å². The number of hydrogen-bond acceptors (Lipinski definition) is 3. The van der Waals surface area contributed by atoms with Crippen LogP contribution in [0.5, 0.6) is 0 Å². The lowest BCUT2D eigenvalue weighted by molar-refractivity contribution is 0.0985. The summed E-state index contributed by atoms with van der Waals surface area (Å²) in [7, 11) is 0. The van der Waals surface area contributed by atoms with Gasteiger partial charge in [-0.15, -0.1) is 0 Å². The Morgan fingerprint density at radius 3 is 2.62 bits per heavy atom. The Hall–Kier alpha value is -1.66. The van der Waals surface area contributed by atoms with Crippen molar-refractivity contribution in [2.45, 2.75) is 24.8 Å². The maximum atomic E-state index is 11.8. The van der Waals surface area contributed by atoms with Gasteiger partial charge in [0.05, 0.1) is 19.0 Å². The molecule has 1 saturated carbocycles. The average molecular weight is 214 g/mol. The maximum absolute atomic E-state index is 11.8. The summed E-state index contributed by atoms with van der Waals surface area (Å²) in [6.07, 6.45) is 2.50. The number of carbonyl (C=O) groups excluding carboxylic acids is 1. The van der Waals surface area contributed by atoms with Crippen LogP contribution in [-0.4, -0.2) is 17.9 Å². The summed E-state index contributed by atoms with van der Waals surface area (Å²) in [6.45, 7) is 0.325. The molecule has 1 N–H and O–H groups in total. The highest BCUT2D eigenvalue weighted by Crippen LogP contribution is 2.38. The largest absolute Gasteiger partial charge is 0.303 e. The zero-order valence-electron chi connectivity index (χ0n) is 9.07. The monoisotopic (exact) mass is 214 g/mol. The molecule has 1 aliphatic carbocycles. The second kappa shape index (κ2) is 4.46. The molecule has 1 aliphatic rings. The van der Waals surface area contributed by atoms with Crippen molar-refractivity contribution in [3.05, 3.63) is 35.9 Å². The molecule has 0 saturated heterocycles. The Morgan fingerprint density at radius 2 is 2.06 bits per heavy atom. The molecule has 3 heteroatoms. The van der Waals surface area contributed by atoms with Crippen LogP contribution in [0.1, 0.15) is 29.6 Å². The molecule has 1 aromatic rings. The minimum absolute atomic E-state index is 0.0702. The van der Waals surface area contributed by atoms with Crippen molar-refractivity contribution in [3.63, 3.8) is 0 Å². The number of nitriles is 1. The lowest BCUT2D eigenvalue weighted by Gasteiger charge is -2.12. The molecule has 0 atom stereocenters. The molecule has 0 spiro atoms. The van der Waals surface area contributed by atoms with Gasteiger partial charge in [0.15, 0.2) is 5.78 Å². The summed E-state index contributed by atoms with van der Waals surface area (Å²) in [4.78, 5) is 11.8. The molecule has 0 amide bonds. The van der Waals surface area contributed by atoms with Gasteiger partial charge in [0.1, 0.15) is 0 Å². The lowest BCUT2D eigenvalue weighted by atomic mass is 10.1. The molecule has 0 radical (unpaired) electrons. The van der Waals surface area contributed by atoms with E-state index in [1.54, 1.807) is 0 Å². The third-order valence-corrected chi connectivity index (χ3v) is 2.99. The average Bonchev–Trinajstić information content (AvgIpc) is 3.08. The van der Waals surface area contributed by atoms with E-state index in [0.29, 0.717) is 13.0 Å². The molecule has 16 heavy (non-hydrogen) atoms. The van der Waals surface area contributed by atoms with Crippen molar-refractivity contribution >= 4 is 5.78 Å². The number of ketones is 1. The molecule has 0 heterocycles. The Kier molecular flexibility index (Phi) is 3.02. The first kappa shape index (κ1) is 10.8. The molecule has 0 aromatic heterocycles. The summed E-state index contributed by atoms with van der Waals surface area (Å²) in [6, 6.07) is 11.4. The van der Waals surface area contributed by atoms with Crippen LogP contribution in [0, 0.1) is 11.3 Å². The van der Waals surface area contributed by atoms with E-state index in [9.17, 15) is 4.79 Å². The fraction of sp³-hybridized carbons (Fsp3) is 0.385.